The van der Waals surface area contributed by atoms with Crippen LogP contribution in [0.3, 0.4) is 0 Å². The molecular weight excluding hydrogens is 298 g/mol. The van der Waals surface area contributed by atoms with Crippen LogP contribution in [0.2, 0.25) is 0 Å². The number of halogens is 3. The number of alkyl halides is 1. The topological polar surface area (TPSA) is 35.6 Å². The molecule has 0 aliphatic rings. The standard InChI is InChI=1S/C14H13ClF2N4/c1-8(15)14-19-11-4-3-10(16)12(17)13(11)21(14)7-9-5-18-20(2)6-9/h3-6,8H,7H2,1-2H3. The normalized spacial score (nSPS) is 13.0. The smallest absolute Gasteiger partial charge is 0.184 e. The van der Waals surface area contributed by atoms with Gasteiger partial charge in [-0.3, -0.25) is 4.68 Å². The second-order valence-corrected chi connectivity index (χ2v) is 5.58. The van der Waals surface area contributed by atoms with Gasteiger partial charge >= 0.3 is 0 Å². The maximum Gasteiger partial charge on any atom is 0.184 e. The highest BCUT2D eigenvalue weighted by Crippen LogP contribution is 2.28. The fourth-order valence-corrected chi connectivity index (χ4v) is 2.54. The minimum absolute atomic E-state index is 0.126. The highest BCUT2D eigenvalue weighted by atomic mass is 35.5. The van der Waals surface area contributed by atoms with Gasteiger partial charge in [-0.2, -0.15) is 5.10 Å². The summed E-state index contributed by atoms with van der Waals surface area (Å²) in [5, 5.41) is 3.65. The van der Waals surface area contributed by atoms with Gasteiger partial charge in [-0.15, -0.1) is 11.6 Å². The second kappa shape index (κ2) is 5.11. The average molecular weight is 311 g/mol. The lowest BCUT2D eigenvalue weighted by Gasteiger charge is -2.09. The van der Waals surface area contributed by atoms with Crippen molar-refractivity contribution < 1.29 is 8.78 Å². The van der Waals surface area contributed by atoms with Crippen LogP contribution < -0.4 is 0 Å². The molecule has 2 aromatic heterocycles. The Balaban J connectivity index is 2.22. The maximum absolute atomic E-state index is 14.1. The van der Waals surface area contributed by atoms with E-state index in [9.17, 15) is 8.78 Å². The first-order valence-electron chi connectivity index (χ1n) is 6.43. The molecule has 3 rings (SSSR count). The molecule has 4 nitrogen and oxygen atoms in total. The lowest BCUT2D eigenvalue weighted by atomic mass is 10.2. The van der Waals surface area contributed by atoms with Crippen LogP contribution in [0.1, 0.15) is 23.7 Å². The van der Waals surface area contributed by atoms with Crippen molar-refractivity contribution in [2.24, 2.45) is 7.05 Å². The summed E-state index contributed by atoms with van der Waals surface area (Å²) in [5.41, 5.74) is 1.38. The number of benzene rings is 1. The third-order valence-electron chi connectivity index (χ3n) is 3.28. The molecule has 7 heteroatoms. The number of imidazole rings is 1. The first-order valence-corrected chi connectivity index (χ1v) is 6.86. The molecule has 0 aliphatic heterocycles. The van der Waals surface area contributed by atoms with Gasteiger partial charge in [0.1, 0.15) is 11.3 Å². The summed E-state index contributed by atoms with van der Waals surface area (Å²) in [6.07, 6.45) is 3.48. The van der Waals surface area contributed by atoms with Crippen LogP contribution in [-0.2, 0) is 13.6 Å². The highest BCUT2D eigenvalue weighted by Gasteiger charge is 2.20. The minimum Gasteiger partial charge on any atom is -0.320 e. The summed E-state index contributed by atoms with van der Waals surface area (Å²) in [5.74, 6) is -1.31. The average Bonchev–Trinajstić information content (AvgIpc) is 2.99. The van der Waals surface area contributed by atoms with E-state index in [1.807, 2.05) is 6.20 Å². The largest absolute Gasteiger partial charge is 0.320 e. The number of aromatic nitrogens is 4. The number of hydrogen-bond donors (Lipinski definition) is 0. The molecule has 0 aliphatic carbocycles. The lowest BCUT2D eigenvalue weighted by molar-refractivity contribution is 0.511. The second-order valence-electron chi connectivity index (χ2n) is 4.92. The Kier molecular flexibility index (Phi) is 3.41. The molecule has 0 spiro atoms. The molecule has 0 saturated heterocycles. The van der Waals surface area contributed by atoms with Crippen LogP contribution in [0.4, 0.5) is 8.78 Å². The van der Waals surface area contributed by atoms with Crippen molar-refractivity contribution in [1.82, 2.24) is 19.3 Å². The van der Waals surface area contributed by atoms with Crippen LogP contribution in [0.5, 0.6) is 0 Å². The van der Waals surface area contributed by atoms with E-state index < -0.39 is 17.0 Å². The van der Waals surface area contributed by atoms with E-state index in [4.69, 9.17) is 11.6 Å². The number of hydrogen-bond acceptors (Lipinski definition) is 2. The fourth-order valence-electron chi connectivity index (χ4n) is 2.37. The van der Waals surface area contributed by atoms with E-state index in [-0.39, 0.29) is 5.52 Å². The van der Waals surface area contributed by atoms with Gasteiger partial charge in [0, 0.05) is 18.8 Å². The fraction of sp³-hybridized carbons (Fsp3) is 0.286. The van der Waals surface area contributed by atoms with Gasteiger partial charge in [-0.05, 0) is 19.1 Å². The Labute approximate surface area is 125 Å². The molecule has 0 N–H and O–H groups in total. The Hall–Kier alpha value is -1.95. The summed E-state index contributed by atoms with van der Waals surface area (Å²) in [7, 11) is 1.79. The van der Waals surface area contributed by atoms with E-state index in [1.54, 1.807) is 29.4 Å². The van der Waals surface area contributed by atoms with E-state index in [2.05, 4.69) is 10.1 Å². The predicted molar refractivity (Wildman–Crippen MR) is 76.2 cm³/mol. The number of rotatable bonds is 3. The highest BCUT2D eigenvalue weighted by molar-refractivity contribution is 6.20. The molecule has 0 bridgehead atoms. The van der Waals surface area contributed by atoms with Crippen LogP contribution in [0, 0.1) is 11.6 Å². The van der Waals surface area contributed by atoms with Crippen molar-refractivity contribution in [3.8, 4) is 0 Å². The molecule has 0 saturated carbocycles. The van der Waals surface area contributed by atoms with Crippen molar-refractivity contribution in [1.29, 1.82) is 0 Å². The molecule has 0 amide bonds. The summed E-state index contributed by atoms with van der Waals surface area (Å²) >= 11 is 6.12. The van der Waals surface area contributed by atoms with Gasteiger partial charge in [-0.25, -0.2) is 13.8 Å². The number of fused-ring (bicyclic) bond motifs is 1. The SMILES string of the molecule is CC(Cl)c1nc2ccc(F)c(F)c2n1Cc1cnn(C)c1. The third kappa shape index (κ3) is 2.40. The van der Waals surface area contributed by atoms with Crippen molar-refractivity contribution in [2.45, 2.75) is 18.8 Å². The first kappa shape index (κ1) is 14.0. The van der Waals surface area contributed by atoms with Crippen LogP contribution in [-0.4, -0.2) is 19.3 Å². The van der Waals surface area contributed by atoms with Crippen LogP contribution in [0.25, 0.3) is 11.0 Å². The third-order valence-corrected chi connectivity index (χ3v) is 3.48. The molecule has 0 radical (unpaired) electrons. The van der Waals surface area contributed by atoms with Crippen LogP contribution in [0.15, 0.2) is 24.5 Å². The number of aryl methyl sites for hydroxylation is 1. The lowest BCUT2D eigenvalue weighted by Crippen LogP contribution is -2.06. The Morgan fingerprint density at radius 2 is 2.10 bits per heavy atom. The first-order chi connectivity index (χ1) is 9.97. The Morgan fingerprint density at radius 3 is 2.71 bits per heavy atom. The summed E-state index contributed by atoms with van der Waals surface area (Å²) in [6, 6.07) is 2.53. The van der Waals surface area contributed by atoms with E-state index in [0.717, 1.165) is 11.6 Å². The van der Waals surface area contributed by atoms with Gasteiger partial charge in [0.15, 0.2) is 11.6 Å². The van der Waals surface area contributed by atoms with Crippen molar-refractivity contribution in [3.05, 3.63) is 47.5 Å². The Bertz CT molecular complexity index is 807. The zero-order valence-corrected chi connectivity index (χ0v) is 12.3. The predicted octanol–water partition coefficient (Wildman–Crippen LogP) is 3.40. The van der Waals surface area contributed by atoms with Crippen molar-refractivity contribution in [2.75, 3.05) is 0 Å². The van der Waals surface area contributed by atoms with E-state index >= 15 is 0 Å². The van der Waals surface area contributed by atoms with Crippen molar-refractivity contribution >= 4 is 22.6 Å². The van der Waals surface area contributed by atoms with Gasteiger partial charge in [-0.1, -0.05) is 0 Å². The van der Waals surface area contributed by atoms with Gasteiger partial charge in [0.05, 0.1) is 23.6 Å². The quantitative estimate of drug-likeness (QED) is 0.695. The van der Waals surface area contributed by atoms with E-state index in [0.29, 0.717) is 17.9 Å². The molecule has 1 atom stereocenters. The maximum atomic E-state index is 14.1. The molecule has 21 heavy (non-hydrogen) atoms. The zero-order chi connectivity index (χ0) is 15.1. The Morgan fingerprint density at radius 1 is 1.33 bits per heavy atom. The number of nitrogens with zero attached hydrogens (tertiary/aromatic N) is 4. The molecule has 1 aromatic carbocycles. The monoisotopic (exact) mass is 310 g/mol. The molecule has 0 fully saturated rings. The van der Waals surface area contributed by atoms with Gasteiger partial charge < -0.3 is 4.57 Å². The van der Waals surface area contributed by atoms with Crippen LogP contribution >= 0.6 is 11.6 Å². The molecular formula is C14H13ClF2N4. The van der Waals surface area contributed by atoms with E-state index in [1.165, 1.54) is 6.07 Å². The minimum atomic E-state index is -0.910. The molecule has 2 heterocycles. The molecule has 110 valence electrons. The summed E-state index contributed by atoms with van der Waals surface area (Å²) < 4.78 is 30.9. The summed E-state index contributed by atoms with van der Waals surface area (Å²) in [4.78, 5) is 4.31. The zero-order valence-electron chi connectivity index (χ0n) is 11.5. The van der Waals surface area contributed by atoms with Gasteiger partial charge in [0.25, 0.3) is 0 Å². The van der Waals surface area contributed by atoms with Crippen molar-refractivity contribution in [3.63, 3.8) is 0 Å². The molecule has 1 unspecified atom stereocenters. The van der Waals surface area contributed by atoms with Gasteiger partial charge in [0.2, 0.25) is 0 Å². The summed E-state index contributed by atoms with van der Waals surface area (Å²) in [6.45, 7) is 2.08. The molecule has 3 aromatic rings.